The number of fused-ring (bicyclic) bond motifs is 2. The molecular weight excluding hydrogens is 390 g/mol. The fraction of sp³-hybridized carbons (Fsp3) is 0.577. The van der Waals surface area contributed by atoms with Crippen molar-refractivity contribution < 1.29 is 14.7 Å². The van der Waals surface area contributed by atoms with Gasteiger partial charge < -0.3 is 15.2 Å². The molecule has 3 atom stereocenters. The zero-order valence-corrected chi connectivity index (χ0v) is 19.1. The second-order valence-electron chi connectivity index (χ2n) is 10.3. The lowest BCUT2D eigenvalue weighted by Gasteiger charge is -2.55. The SMILES string of the molecule is CC(C)C1=CC2=C(CC1)C1(C)CCCC(C)(C(=O)Oc3ccc(N([O-])O)cc3)C1CC2. The zero-order valence-electron chi connectivity index (χ0n) is 19.1. The van der Waals surface area contributed by atoms with Gasteiger partial charge in [0, 0.05) is 0 Å². The Bertz CT molecular complexity index is 914. The molecule has 1 N–H and O–H groups in total. The highest BCUT2D eigenvalue weighted by Crippen LogP contribution is 2.61. The van der Waals surface area contributed by atoms with Crippen LogP contribution >= 0.6 is 0 Å². The number of anilines is 1. The summed E-state index contributed by atoms with van der Waals surface area (Å²) in [6.45, 7) is 9.02. The van der Waals surface area contributed by atoms with Crippen LogP contribution in [-0.2, 0) is 4.79 Å². The molecule has 31 heavy (non-hydrogen) atoms. The standard InChI is InChI=1S/C26H34NO4/c1-17(2)18-6-12-22-19(16-18)7-13-23-25(22,3)14-5-15-26(23,4)24(28)31-21-10-8-20(9-11-21)27(29)30/h8-11,16-17,23,29H,5-7,12-15H2,1-4H3/q-1. The van der Waals surface area contributed by atoms with Crippen LogP contribution in [0.3, 0.4) is 0 Å². The molecule has 0 heterocycles. The van der Waals surface area contributed by atoms with Gasteiger partial charge in [-0.2, -0.15) is 0 Å². The molecule has 1 saturated carbocycles. The van der Waals surface area contributed by atoms with E-state index in [-0.39, 0.29) is 28.2 Å². The fourth-order valence-electron chi connectivity index (χ4n) is 6.43. The van der Waals surface area contributed by atoms with Crippen LogP contribution in [0.15, 0.2) is 47.1 Å². The third-order valence-electron chi connectivity index (χ3n) is 8.21. The molecular formula is C26H34NO4-. The van der Waals surface area contributed by atoms with E-state index >= 15 is 0 Å². The highest BCUT2D eigenvalue weighted by atomic mass is 16.8. The number of hydrogen-bond donors (Lipinski definition) is 1. The average Bonchev–Trinajstić information content (AvgIpc) is 2.73. The molecule has 3 aliphatic rings. The van der Waals surface area contributed by atoms with Crippen molar-refractivity contribution in [2.45, 2.75) is 72.6 Å². The van der Waals surface area contributed by atoms with E-state index < -0.39 is 5.41 Å². The van der Waals surface area contributed by atoms with Crippen molar-refractivity contribution in [2.24, 2.45) is 22.7 Å². The third-order valence-corrected chi connectivity index (χ3v) is 8.21. The van der Waals surface area contributed by atoms with E-state index in [0.717, 1.165) is 44.9 Å². The smallest absolute Gasteiger partial charge is 0.317 e. The summed E-state index contributed by atoms with van der Waals surface area (Å²) in [7, 11) is 0. The van der Waals surface area contributed by atoms with Crippen LogP contribution in [-0.4, -0.2) is 11.2 Å². The van der Waals surface area contributed by atoms with Crippen LogP contribution in [0.25, 0.3) is 0 Å². The number of benzene rings is 1. The minimum Gasteiger partial charge on any atom is -0.733 e. The highest BCUT2D eigenvalue weighted by Gasteiger charge is 2.56. The molecule has 0 bridgehead atoms. The van der Waals surface area contributed by atoms with Crippen molar-refractivity contribution >= 4 is 11.7 Å². The largest absolute Gasteiger partial charge is 0.733 e. The molecule has 0 saturated heterocycles. The van der Waals surface area contributed by atoms with Gasteiger partial charge in [-0.1, -0.05) is 44.4 Å². The molecule has 5 nitrogen and oxygen atoms in total. The zero-order chi connectivity index (χ0) is 22.4. The Morgan fingerprint density at radius 2 is 1.87 bits per heavy atom. The molecule has 0 spiro atoms. The summed E-state index contributed by atoms with van der Waals surface area (Å²) in [5.74, 6) is 1.08. The maximum Gasteiger partial charge on any atom is 0.317 e. The number of carbonyl (C=O) groups is 1. The van der Waals surface area contributed by atoms with E-state index in [1.54, 1.807) is 23.3 Å². The van der Waals surface area contributed by atoms with Crippen LogP contribution in [0.1, 0.15) is 72.6 Å². The lowest BCUT2D eigenvalue weighted by atomic mass is 9.48. The number of rotatable bonds is 4. The second kappa shape index (κ2) is 8.10. The van der Waals surface area contributed by atoms with Gasteiger partial charge in [-0.25, -0.2) is 0 Å². The summed E-state index contributed by atoms with van der Waals surface area (Å²) in [6, 6.07) is 6.00. The Balaban J connectivity index is 1.59. The van der Waals surface area contributed by atoms with E-state index in [0.29, 0.717) is 11.7 Å². The molecule has 1 aromatic carbocycles. The molecule has 1 fully saturated rings. The summed E-state index contributed by atoms with van der Waals surface area (Å²) in [5, 5.41) is 19.8. The van der Waals surface area contributed by atoms with E-state index in [4.69, 9.17) is 9.94 Å². The molecule has 0 amide bonds. The fourth-order valence-corrected chi connectivity index (χ4v) is 6.43. The Kier molecular flexibility index (Phi) is 5.78. The van der Waals surface area contributed by atoms with Crippen molar-refractivity contribution in [1.82, 2.24) is 0 Å². The van der Waals surface area contributed by atoms with Gasteiger partial charge in [0.1, 0.15) is 5.75 Å². The Labute approximate surface area is 185 Å². The van der Waals surface area contributed by atoms with Crippen molar-refractivity contribution in [1.29, 1.82) is 0 Å². The monoisotopic (exact) mass is 424 g/mol. The van der Waals surface area contributed by atoms with Crippen molar-refractivity contribution in [3.8, 4) is 5.75 Å². The third kappa shape index (κ3) is 3.83. The van der Waals surface area contributed by atoms with Gasteiger partial charge in [-0.3, -0.25) is 10.0 Å². The van der Waals surface area contributed by atoms with Crippen molar-refractivity contribution in [3.05, 3.63) is 52.3 Å². The first-order valence-corrected chi connectivity index (χ1v) is 11.6. The van der Waals surface area contributed by atoms with Gasteiger partial charge in [0.05, 0.1) is 11.1 Å². The normalized spacial score (nSPS) is 30.4. The number of carbonyl (C=O) groups excluding carboxylic acids is 1. The predicted molar refractivity (Wildman–Crippen MR) is 122 cm³/mol. The average molecular weight is 425 g/mol. The summed E-state index contributed by atoms with van der Waals surface area (Å²) >= 11 is 0. The number of nitrogens with zero attached hydrogens (tertiary/aromatic N) is 1. The number of ether oxygens (including phenoxy) is 1. The minimum absolute atomic E-state index is 0.0441. The van der Waals surface area contributed by atoms with Gasteiger partial charge in [-0.15, -0.1) is 0 Å². The van der Waals surface area contributed by atoms with Gasteiger partial charge in [0.2, 0.25) is 0 Å². The molecule has 0 radical (unpaired) electrons. The predicted octanol–water partition coefficient (Wildman–Crippen LogP) is 6.56. The molecule has 3 aliphatic carbocycles. The van der Waals surface area contributed by atoms with E-state index in [2.05, 4.69) is 33.8 Å². The van der Waals surface area contributed by atoms with Crippen LogP contribution < -0.4 is 9.96 Å². The number of hydrogen-bond acceptors (Lipinski definition) is 5. The first-order chi connectivity index (χ1) is 14.6. The Hall–Kier alpha value is -2.11. The van der Waals surface area contributed by atoms with Crippen LogP contribution in [0.2, 0.25) is 0 Å². The molecule has 0 aliphatic heterocycles. The highest BCUT2D eigenvalue weighted by molar-refractivity contribution is 5.80. The van der Waals surface area contributed by atoms with Crippen LogP contribution in [0, 0.1) is 27.9 Å². The van der Waals surface area contributed by atoms with E-state index in [1.165, 1.54) is 17.7 Å². The number of esters is 1. The molecule has 3 unspecified atom stereocenters. The number of allylic oxidation sites excluding steroid dienone is 4. The first kappa shape index (κ1) is 22.1. The van der Waals surface area contributed by atoms with Gasteiger partial charge in [0.15, 0.2) is 0 Å². The summed E-state index contributed by atoms with van der Waals surface area (Å²) in [4.78, 5) is 13.4. The van der Waals surface area contributed by atoms with Gasteiger partial charge in [0.25, 0.3) is 0 Å². The van der Waals surface area contributed by atoms with Crippen molar-refractivity contribution in [2.75, 3.05) is 5.23 Å². The first-order valence-electron chi connectivity index (χ1n) is 11.6. The maximum atomic E-state index is 13.4. The Morgan fingerprint density at radius 3 is 2.52 bits per heavy atom. The summed E-state index contributed by atoms with van der Waals surface area (Å²) in [5.41, 5.74) is 4.27. The van der Waals surface area contributed by atoms with Gasteiger partial charge in [-0.05, 0) is 92.5 Å². The van der Waals surface area contributed by atoms with Crippen LogP contribution in [0.4, 0.5) is 5.69 Å². The minimum atomic E-state index is -0.534. The molecule has 0 aromatic heterocycles. The van der Waals surface area contributed by atoms with Crippen LogP contribution in [0.5, 0.6) is 5.75 Å². The molecule has 168 valence electrons. The Morgan fingerprint density at radius 1 is 1.16 bits per heavy atom. The summed E-state index contributed by atoms with van der Waals surface area (Å²) in [6.07, 6.45) is 9.75. The molecule has 5 heteroatoms. The van der Waals surface area contributed by atoms with E-state index in [9.17, 15) is 10.0 Å². The molecule has 1 aromatic rings. The second-order valence-corrected chi connectivity index (χ2v) is 10.3. The topological polar surface area (TPSA) is 72.8 Å². The van der Waals surface area contributed by atoms with Crippen molar-refractivity contribution in [3.63, 3.8) is 0 Å². The quantitative estimate of drug-likeness (QED) is 0.336. The van der Waals surface area contributed by atoms with E-state index in [1.807, 2.05) is 0 Å². The lowest BCUT2D eigenvalue weighted by Crippen LogP contribution is -2.52. The van der Waals surface area contributed by atoms with Gasteiger partial charge >= 0.3 is 5.97 Å². The lowest BCUT2D eigenvalue weighted by molar-refractivity contribution is -0.156. The maximum absolute atomic E-state index is 13.4. The summed E-state index contributed by atoms with van der Waals surface area (Å²) < 4.78 is 5.80. The molecule has 4 rings (SSSR count).